The molecule has 72 valence electrons. The number of anilines is 1. The smallest absolute Gasteiger partial charge is 0.221 e. The van der Waals surface area contributed by atoms with Gasteiger partial charge >= 0.3 is 0 Å². The molecule has 1 aromatic heterocycles. The predicted molar refractivity (Wildman–Crippen MR) is 52.6 cm³/mol. The molecule has 14 heavy (non-hydrogen) atoms. The normalized spacial score (nSPS) is 10.4. The van der Waals surface area contributed by atoms with Gasteiger partial charge in [0.15, 0.2) is 0 Å². The molecule has 2 N–H and O–H groups in total. The third kappa shape index (κ3) is 1.46. The van der Waals surface area contributed by atoms with E-state index in [0.717, 1.165) is 5.52 Å². The number of aromatic nitrogens is 1. The number of aromatic amines is 1. The number of hydrogen-bond donors (Lipinski definition) is 2. The highest BCUT2D eigenvalue weighted by molar-refractivity contribution is 6.00. The fraction of sp³-hybridized carbons (Fsp3) is 0.100. The lowest BCUT2D eigenvalue weighted by atomic mass is 10.2. The second-order valence-corrected chi connectivity index (χ2v) is 3.07. The fourth-order valence-corrected chi connectivity index (χ4v) is 1.39. The summed E-state index contributed by atoms with van der Waals surface area (Å²) in [5, 5.41) is 3.30. The van der Waals surface area contributed by atoms with Crippen LogP contribution < -0.4 is 5.32 Å². The van der Waals surface area contributed by atoms with Gasteiger partial charge in [-0.15, -0.1) is 0 Å². The van der Waals surface area contributed by atoms with Crippen molar-refractivity contribution in [2.75, 3.05) is 5.32 Å². The second kappa shape index (κ2) is 3.14. The zero-order chi connectivity index (χ0) is 10.1. The Bertz CT molecular complexity index is 490. The number of halogens is 1. The molecular weight excluding hydrogens is 183 g/mol. The van der Waals surface area contributed by atoms with E-state index in [1.165, 1.54) is 19.1 Å². The van der Waals surface area contributed by atoms with Crippen LogP contribution in [0.3, 0.4) is 0 Å². The van der Waals surface area contributed by atoms with Crippen molar-refractivity contribution in [3.63, 3.8) is 0 Å². The summed E-state index contributed by atoms with van der Waals surface area (Å²) in [6.07, 6.45) is 1.64. The molecule has 0 unspecified atom stereocenters. The SMILES string of the molecule is CC(=O)Nc1c[nH]c2ccc(F)cc12. The number of carbonyl (C=O) groups excluding carboxylic acids is 1. The van der Waals surface area contributed by atoms with E-state index in [4.69, 9.17) is 0 Å². The molecule has 0 saturated carbocycles. The summed E-state index contributed by atoms with van der Waals surface area (Å²) in [4.78, 5) is 13.8. The van der Waals surface area contributed by atoms with E-state index in [0.29, 0.717) is 11.1 Å². The number of hydrogen-bond acceptors (Lipinski definition) is 1. The Labute approximate surface area is 79.9 Å². The van der Waals surface area contributed by atoms with Crippen LogP contribution in [0.1, 0.15) is 6.92 Å². The molecule has 0 fully saturated rings. The molecular formula is C10H9FN2O. The summed E-state index contributed by atoms with van der Waals surface area (Å²) in [5.41, 5.74) is 1.40. The maximum absolute atomic E-state index is 12.9. The molecule has 0 radical (unpaired) electrons. The van der Waals surface area contributed by atoms with E-state index >= 15 is 0 Å². The topological polar surface area (TPSA) is 44.9 Å². The molecule has 1 amide bonds. The largest absolute Gasteiger partial charge is 0.359 e. The molecule has 0 saturated heterocycles. The molecule has 0 aliphatic carbocycles. The van der Waals surface area contributed by atoms with E-state index in [1.807, 2.05) is 0 Å². The average molecular weight is 192 g/mol. The predicted octanol–water partition coefficient (Wildman–Crippen LogP) is 2.27. The van der Waals surface area contributed by atoms with E-state index in [9.17, 15) is 9.18 Å². The van der Waals surface area contributed by atoms with Gasteiger partial charge in [0.2, 0.25) is 5.91 Å². The zero-order valence-corrected chi connectivity index (χ0v) is 7.60. The van der Waals surface area contributed by atoms with Crippen LogP contribution in [0.2, 0.25) is 0 Å². The third-order valence-electron chi connectivity index (χ3n) is 1.95. The van der Waals surface area contributed by atoms with E-state index in [2.05, 4.69) is 10.3 Å². The minimum atomic E-state index is -0.316. The minimum Gasteiger partial charge on any atom is -0.359 e. The average Bonchev–Trinajstić information content (AvgIpc) is 2.47. The number of carbonyl (C=O) groups is 1. The molecule has 0 bridgehead atoms. The molecule has 3 nitrogen and oxygen atoms in total. The molecule has 0 aliphatic heterocycles. The first-order valence-electron chi connectivity index (χ1n) is 4.21. The standard InChI is InChI=1S/C10H9FN2O/c1-6(14)13-10-5-12-9-3-2-7(11)4-8(9)10/h2-5,12H,1H3,(H,13,14). The highest BCUT2D eigenvalue weighted by atomic mass is 19.1. The van der Waals surface area contributed by atoms with Crippen molar-refractivity contribution < 1.29 is 9.18 Å². The molecule has 4 heteroatoms. The zero-order valence-electron chi connectivity index (χ0n) is 7.60. The Balaban J connectivity index is 2.55. The van der Waals surface area contributed by atoms with Crippen molar-refractivity contribution in [2.24, 2.45) is 0 Å². The number of rotatable bonds is 1. The first kappa shape index (κ1) is 8.74. The first-order valence-corrected chi connectivity index (χ1v) is 4.21. The van der Waals surface area contributed by atoms with Gasteiger partial charge in [-0.05, 0) is 18.2 Å². The van der Waals surface area contributed by atoms with Crippen LogP contribution >= 0.6 is 0 Å². The minimum absolute atomic E-state index is 0.171. The number of fused-ring (bicyclic) bond motifs is 1. The summed E-state index contributed by atoms with van der Waals surface area (Å²) < 4.78 is 12.9. The highest BCUT2D eigenvalue weighted by Gasteiger charge is 2.05. The summed E-state index contributed by atoms with van der Waals surface area (Å²) in [5.74, 6) is -0.487. The van der Waals surface area contributed by atoms with Crippen molar-refractivity contribution in [1.82, 2.24) is 4.98 Å². The number of amides is 1. The molecule has 0 spiro atoms. The van der Waals surface area contributed by atoms with Crippen LogP contribution in [0.4, 0.5) is 10.1 Å². The molecule has 0 aliphatic rings. The van der Waals surface area contributed by atoms with Crippen molar-refractivity contribution in [1.29, 1.82) is 0 Å². The Morgan fingerprint density at radius 1 is 1.50 bits per heavy atom. The molecule has 1 heterocycles. The van der Waals surface area contributed by atoms with Crippen molar-refractivity contribution in [3.05, 3.63) is 30.2 Å². The van der Waals surface area contributed by atoms with Gasteiger partial charge in [-0.25, -0.2) is 4.39 Å². The van der Waals surface area contributed by atoms with E-state index in [1.54, 1.807) is 12.3 Å². The lowest BCUT2D eigenvalue weighted by Gasteiger charge is -1.98. The highest BCUT2D eigenvalue weighted by Crippen LogP contribution is 2.23. The lowest BCUT2D eigenvalue weighted by molar-refractivity contribution is -0.114. The first-order chi connectivity index (χ1) is 6.66. The van der Waals surface area contributed by atoms with E-state index < -0.39 is 0 Å². The number of benzene rings is 1. The Morgan fingerprint density at radius 2 is 2.29 bits per heavy atom. The maximum atomic E-state index is 12.9. The van der Waals surface area contributed by atoms with Crippen molar-refractivity contribution in [3.8, 4) is 0 Å². The lowest BCUT2D eigenvalue weighted by Crippen LogP contribution is -2.04. The van der Waals surface area contributed by atoms with Gasteiger partial charge in [0.05, 0.1) is 5.69 Å². The van der Waals surface area contributed by atoms with Crippen LogP contribution in [0.5, 0.6) is 0 Å². The van der Waals surface area contributed by atoms with Crippen LogP contribution in [-0.4, -0.2) is 10.9 Å². The van der Waals surface area contributed by atoms with Crippen LogP contribution in [0.15, 0.2) is 24.4 Å². The van der Waals surface area contributed by atoms with Crippen molar-refractivity contribution >= 4 is 22.5 Å². The van der Waals surface area contributed by atoms with Gasteiger partial charge in [0.25, 0.3) is 0 Å². The second-order valence-electron chi connectivity index (χ2n) is 3.07. The maximum Gasteiger partial charge on any atom is 0.221 e. The monoisotopic (exact) mass is 192 g/mol. The summed E-state index contributed by atoms with van der Waals surface area (Å²) >= 11 is 0. The molecule has 0 atom stereocenters. The molecule has 2 aromatic rings. The number of H-pyrrole nitrogens is 1. The quantitative estimate of drug-likeness (QED) is 0.715. The Kier molecular flexibility index (Phi) is 1.96. The van der Waals surface area contributed by atoms with Crippen molar-refractivity contribution in [2.45, 2.75) is 6.92 Å². The Morgan fingerprint density at radius 3 is 3.00 bits per heavy atom. The molecule has 1 aromatic carbocycles. The van der Waals surface area contributed by atoms with Gasteiger partial charge in [-0.1, -0.05) is 0 Å². The third-order valence-corrected chi connectivity index (χ3v) is 1.95. The number of nitrogens with one attached hydrogen (secondary N) is 2. The molecule has 2 rings (SSSR count). The summed E-state index contributed by atoms with van der Waals surface area (Å²) in [6, 6.07) is 4.39. The Hall–Kier alpha value is -1.84. The fourth-order valence-electron chi connectivity index (χ4n) is 1.39. The van der Waals surface area contributed by atoms with E-state index in [-0.39, 0.29) is 11.7 Å². The van der Waals surface area contributed by atoms with Crippen LogP contribution in [-0.2, 0) is 4.79 Å². The van der Waals surface area contributed by atoms with Crippen LogP contribution in [0.25, 0.3) is 10.9 Å². The summed E-state index contributed by atoms with van der Waals surface area (Å²) in [7, 11) is 0. The van der Waals surface area contributed by atoms with Crippen LogP contribution in [0, 0.1) is 5.82 Å². The van der Waals surface area contributed by atoms with Gasteiger partial charge in [0.1, 0.15) is 5.82 Å². The van der Waals surface area contributed by atoms with Gasteiger partial charge < -0.3 is 10.3 Å². The van der Waals surface area contributed by atoms with Gasteiger partial charge in [-0.3, -0.25) is 4.79 Å². The summed E-state index contributed by atoms with van der Waals surface area (Å²) in [6.45, 7) is 1.41. The van der Waals surface area contributed by atoms with Gasteiger partial charge in [-0.2, -0.15) is 0 Å². The van der Waals surface area contributed by atoms with Gasteiger partial charge in [0, 0.05) is 24.0 Å².